The zero-order valence-electron chi connectivity index (χ0n) is 10.1. The largest absolute Gasteiger partial charge is 0.496 e. The molecule has 1 aromatic carbocycles. The summed E-state index contributed by atoms with van der Waals surface area (Å²) in [6.45, 7) is 1.88. The summed E-state index contributed by atoms with van der Waals surface area (Å²) in [7, 11) is 1.56. The molecule has 1 aromatic rings. The molecule has 1 N–H and O–H groups in total. The molecule has 1 fully saturated rings. The molecule has 0 unspecified atom stereocenters. The van der Waals surface area contributed by atoms with Crippen molar-refractivity contribution in [1.82, 2.24) is 0 Å². The van der Waals surface area contributed by atoms with E-state index in [1.807, 2.05) is 19.1 Å². The first-order valence-corrected chi connectivity index (χ1v) is 5.99. The molecule has 3 heteroatoms. The van der Waals surface area contributed by atoms with Crippen LogP contribution in [0, 0.1) is 5.41 Å². The van der Waals surface area contributed by atoms with Crippen molar-refractivity contribution < 1.29 is 14.6 Å². The van der Waals surface area contributed by atoms with Crippen molar-refractivity contribution in [3.05, 3.63) is 29.3 Å². The van der Waals surface area contributed by atoms with E-state index in [-0.39, 0.29) is 5.78 Å². The van der Waals surface area contributed by atoms with Gasteiger partial charge in [-0.2, -0.15) is 0 Å². The molecule has 0 radical (unpaired) electrons. The van der Waals surface area contributed by atoms with Gasteiger partial charge in [-0.1, -0.05) is 12.1 Å². The number of ketones is 1. The minimum atomic E-state index is -0.992. The summed E-state index contributed by atoms with van der Waals surface area (Å²) in [6.07, 6.45) is 2.31. The van der Waals surface area contributed by atoms with Crippen LogP contribution in [0.2, 0.25) is 0 Å². The fraction of sp³-hybridized carbons (Fsp3) is 0.500. The van der Waals surface area contributed by atoms with Crippen LogP contribution in [0.25, 0.3) is 0 Å². The maximum absolute atomic E-state index is 12.5. The monoisotopic (exact) mass is 232 g/mol. The standard InChI is InChI=1S/C14H16O3/c1-13-7-4-8-14(13,16)9-5-3-6-10(17-2)11(9)12(13)15/h3,5-6,16H,4,7-8H2,1-2H3/t13-,14-/m0/s1. The molecule has 2 atom stereocenters. The smallest absolute Gasteiger partial charge is 0.176 e. The van der Waals surface area contributed by atoms with Gasteiger partial charge in [0, 0.05) is 0 Å². The number of aliphatic hydroxyl groups is 1. The molecule has 3 nitrogen and oxygen atoms in total. The molecule has 0 amide bonds. The lowest BCUT2D eigenvalue weighted by Crippen LogP contribution is -2.38. The number of carbonyl (C=O) groups is 1. The van der Waals surface area contributed by atoms with E-state index in [0.29, 0.717) is 17.7 Å². The molecule has 2 aliphatic rings. The molecular formula is C14H16O3. The number of hydrogen-bond donors (Lipinski definition) is 1. The summed E-state index contributed by atoms with van der Waals surface area (Å²) >= 11 is 0. The third-order valence-corrected chi connectivity index (χ3v) is 4.55. The van der Waals surface area contributed by atoms with Crippen molar-refractivity contribution in [3.8, 4) is 5.75 Å². The van der Waals surface area contributed by atoms with Crippen LogP contribution in [0.3, 0.4) is 0 Å². The summed E-state index contributed by atoms with van der Waals surface area (Å²) in [4.78, 5) is 12.5. The van der Waals surface area contributed by atoms with Crippen molar-refractivity contribution >= 4 is 5.78 Å². The molecule has 0 saturated heterocycles. The van der Waals surface area contributed by atoms with Crippen LogP contribution in [-0.2, 0) is 5.60 Å². The van der Waals surface area contributed by atoms with E-state index in [1.165, 1.54) is 0 Å². The van der Waals surface area contributed by atoms with E-state index < -0.39 is 11.0 Å². The number of carbonyl (C=O) groups excluding carboxylic acids is 1. The lowest BCUT2D eigenvalue weighted by Gasteiger charge is -2.31. The Hall–Kier alpha value is -1.35. The van der Waals surface area contributed by atoms with Gasteiger partial charge in [-0.3, -0.25) is 4.79 Å². The number of rotatable bonds is 1. The number of fused-ring (bicyclic) bond motifs is 3. The van der Waals surface area contributed by atoms with Gasteiger partial charge >= 0.3 is 0 Å². The zero-order valence-corrected chi connectivity index (χ0v) is 10.1. The van der Waals surface area contributed by atoms with Crippen molar-refractivity contribution in [2.75, 3.05) is 7.11 Å². The van der Waals surface area contributed by atoms with Gasteiger partial charge in [0.25, 0.3) is 0 Å². The molecule has 3 rings (SSSR count). The maximum Gasteiger partial charge on any atom is 0.176 e. The van der Waals surface area contributed by atoms with Crippen molar-refractivity contribution in [2.24, 2.45) is 5.41 Å². The summed E-state index contributed by atoms with van der Waals surface area (Å²) in [6, 6.07) is 5.48. The fourth-order valence-corrected chi connectivity index (χ4v) is 3.47. The van der Waals surface area contributed by atoms with E-state index >= 15 is 0 Å². The predicted molar refractivity (Wildman–Crippen MR) is 63.2 cm³/mol. The molecule has 0 spiro atoms. The van der Waals surface area contributed by atoms with Gasteiger partial charge in [0.15, 0.2) is 5.78 Å². The first kappa shape index (κ1) is 10.8. The summed E-state index contributed by atoms with van der Waals surface area (Å²) in [5.74, 6) is 0.613. The third kappa shape index (κ3) is 1.03. The lowest BCUT2D eigenvalue weighted by atomic mass is 9.76. The summed E-state index contributed by atoms with van der Waals surface area (Å²) in [5.41, 5.74) is -0.320. The minimum absolute atomic E-state index is 0.0324. The molecule has 2 aliphatic carbocycles. The fourth-order valence-electron chi connectivity index (χ4n) is 3.47. The Balaban J connectivity index is 2.31. The third-order valence-electron chi connectivity index (χ3n) is 4.55. The molecular weight excluding hydrogens is 216 g/mol. The molecule has 1 saturated carbocycles. The zero-order chi connectivity index (χ0) is 12.3. The lowest BCUT2D eigenvalue weighted by molar-refractivity contribution is -0.0314. The van der Waals surface area contributed by atoms with Crippen LogP contribution < -0.4 is 4.74 Å². The average molecular weight is 232 g/mol. The Morgan fingerprint density at radius 3 is 2.82 bits per heavy atom. The van der Waals surface area contributed by atoms with E-state index in [9.17, 15) is 9.90 Å². The van der Waals surface area contributed by atoms with E-state index in [0.717, 1.165) is 18.4 Å². The summed E-state index contributed by atoms with van der Waals surface area (Å²) in [5, 5.41) is 10.9. The molecule has 0 aromatic heterocycles. The van der Waals surface area contributed by atoms with Gasteiger partial charge in [0.1, 0.15) is 11.4 Å². The van der Waals surface area contributed by atoms with E-state index in [1.54, 1.807) is 13.2 Å². The van der Waals surface area contributed by atoms with Crippen molar-refractivity contribution in [2.45, 2.75) is 31.8 Å². The topological polar surface area (TPSA) is 46.5 Å². The Labute approximate surface area is 100 Å². The first-order valence-electron chi connectivity index (χ1n) is 5.99. The second-order valence-electron chi connectivity index (χ2n) is 5.26. The van der Waals surface area contributed by atoms with Crippen LogP contribution >= 0.6 is 0 Å². The van der Waals surface area contributed by atoms with Gasteiger partial charge in [0.05, 0.1) is 18.1 Å². The second-order valence-corrected chi connectivity index (χ2v) is 5.26. The molecule has 0 bridgehead atoms. The normalized spacial score (nSPS) is 34.6. The highest BCUT2D eigenvalue weighted by Crippen LogP contribution is 2.60. The Bertz CT molecular complexity index is 508. The quantitative estimate of drug-likeness (QED) is 0.808. The maximum atomic E-state index is 12.5. The van der Waals surface area contributed by atoms with Crippen LogP contribution in [0.4, 0.5) is 0 Å². The van der Waals surface area contributed by atoms with E-state index in [2.05, 4.69) is 0 Å². The van der Waals surface area contributed by atoms with Crippen LogP contribution in [0.15, 0.2) is 18.2 Å². The number of hydrogen-bond acceptors (Lipinski definition) is 3. The highest BCUT2D eigenvalue weighted by atomic mass is 16.5. The molecule has 17 heavy (non-hydrogen) atoms. The summed E-state index contributed by atoms with van der Waals surface area (Å²) < 4.78 is 5.25. The Morgan fingerprint density at radius 1 is 1.35 bits per heavy atom. The second kappa shape index (κ2) is 3.10. The van der Waals surface area contributed by atoms with Crippen LogP contribution in [0.1, 0.15) is 42.1 Å². The number of Topliss-reactive ketones (excluding diaryl/α,β-unsaturated/α-hetero) is 1. The van der Waals surface area contributed by atoms with Crippen LogP contribution in [0.5, 0.6) is 5.75 Å². The average Bonchev–Trinajstić information content (AvgIpc) is 2.72. The Kier molecular flexibility index (Phi) is 1.97. The van der Waals surface area contributed by atoms with E-state index in [4.69, 9.17) is 4.74 Å². The van der Waals surface area contributed by atoms with Gasteiger partial charge in [0.2, 0.25) is 0 Å². The number of methoxy groups -OCH3 is 1. The van der Waals surface area contributed by atoms with Crippen molar-refractivity contribution in [1.29, 1.82) is 0 Å². The van der Waals surface area contributed by atoms with Crippen molar-refractivity contribution in [3.63, 3.8) is 0 Å². The van der Waals surface area contributed by atoms with Crippen LogP contribution in [-0.4, -0.2) is 18.0 Å². The number of ether oxygens (including phenoxy) is 1. The SMILES string of the molecule is COc1cccc2c1C(=O)[C@]1(C)CCC[C@]21O. The van der Waals surface area contributed by atoms with Gasteiger partial charge in [-0.15, -0.1) is 0 Å². The molecule has 0 aliphatic heterocycles. The molecule has 0 heterocycles. The van der Waals surface area contributed by atoms with Gasteiger partial charge < -0.3 is 9.84 Å². The first-order chi connectivity index (χ1) is 8.04. The highest BCUT2D eigenvalue weighted by Gasteiger charge is 2.62. The predicted octanol–water partition coefficient (Wildman–Crippen LogP) is 2.27. The highest BCUT2D eigenvalue weighted by molar-refractivity contribution is 6.08. The van der Waals surface area contributed by atoms with Gasteiger partial charge in [-0.05, 0) is 37.8 Å². The molecule has 90 valence electrons. The minimum Gasteiger partial charge on any atom is -0.496 e. The number of benzene rings is 1. The van der Waals surface area contributed by atoms with Gasteiger partial charge in [-0.25, -0.2) is 0 Å². The Morgan fingerprint density at radius 2 is 2.12 bits per heavy atom.